The highest BCUT2D eigenvalue weighted by Gasteiger charge is 2.35. The summed E-state index contributed by atoms with van der Waals surface area (Å²) in [5, 5.41) is 0. The van der Waals surface area contributed by atoms with Crippen molar-refractivity contribution in [3.05, 3.63) is 35.1 Å². The van der Waals surface area contributed by atoms with Gasteiger partial charge in [0.15, 0.2) is 0 Å². The van der Waals surface area contributed by atoms with Gasteiger partial charge in [-0.05, 0) is 17.7 Å². The first kappa shape index (κ1) is 15.6. The molecule has 1 aliphatic heterocycles. The topological polar surface area (TPSA) is 47.3 Å². The summed E-state index contributed by atoms with van der Waals surface area (Å²) in [6.07, 6.45) is -5.00. The molecule has 2 rings (SSSR count). The number of hydrazine groups is 1. The highest BCUT2D eigenvalue weighted by molar-refractivity contribution is 7.99. The van der Waals surface area contributed by atoms with Gasteiger partial charge in [0.1, 0.15) is 5.82 Å². The normalized spacial score (nSPS) is 21.8. The predicted molar refractivity (Wildman–Crippen MR) is 68.5 cm³/mol. The first-order valence-electron chi connectivity index (χ1n) is 5.95. The van der Waals surface area contributed by atoms with E-state index >= 15 is 0 Å². The van der Waals surface area contributed by atoms with E-state index in [9.17, 15) is 17.6 Å². The Labute approximate surface area is 117 Å². The monoisotopic (exact) mass is 310 g/mol. The molecular weight excluding hydrogens is 296 g/mol. The number of hydrogen-bond donors (Lipinski definition) is 2. The van der Waals surface area contributed by atoms with Crippen LogP contribution in [0.4, 0.5) is 17.6 Å². The van der Waals surface area contributed by atoms with Gasteiger partial charge in [-0.3, -0.25) is 11.3 Å². The summed E-state index contributed by atoms with van der Waals surface area (Å²) in [4.78, 5) is 0. The van der Waals surface area contributed by atoms with Crippen molar-refractivity contribution in [2.75, 3.05) is 18.1 Å². The van der Waals surface area contributed by atoms with E-state index in [0.717, 1.165) is 17.9 Å². The van der Waals surface area contributed by atoms with Crippen LogP contribution in [0.3, 0.4) is 0 Å². The van der Waals surface area contributed by atoms with Crippen molar-refractivity contribution in [3.63, 3.8) is 0 Å². The molecule has 1 aromatic rings. The van der Waals surface area contributed by atoms with Gasteiger partial charge < -0.3 is 4.74 Å². The van der Waals surface area contributed by atoms with Crippen LogP contribution in [-0.2, 0) is 10.9 Å². The van der Waals surface area contributed by atoms with Crippen LogP contribution in [0, 0.1) is 5.82 Å². The van der Waals surface area contributed by atoms with Gasteiger partial charge in [0.2, 0.25) is 0 Å². The van der Waals surface area contributed by atoms with Gasteiger partial charge in [0.05, 0.1) is 24.3 Å². The summed E-state index contributed by atoms with van der Waals surface area (Å²) in [7, 11) is 0. The molecule has 2 atom stereocenters. The van der Waals surface area contributed by atoms with Crippen LogP contribution in [0.5, 0.6) is 0 Å². The summed E-state index contributed by atoms with van der Waals surface area (Å²) < 4.78 is 56.6. The maximum absolute atomic E-state index is 13.6. The molecule has 3 nitrogen and oxygen atoms in total. The van der Waals surface area contributed by atoms with E-state index in [1.165, 1.54) is 6.07 Å². The fraction of sp³-hybridized carbons (Fsp3) is 0.500. The number of thioether (sulfide) groups is 1. The number of hydrogen-bond acceptors (Lipinski definition) is 4. The van der Waals surface area contributed by atoms with E-state index in [1.807, 2.05) is 0 Å². The predicted octanol–water partition coefficient (Wildman–Crippen LogP) is 2.48. The lowest BCUT2D eigenvalue weighted by Crippen LogP contribution is -2.41. The van der Waals surface area contributed by atoms with Crippen LogP contribution in [0.25, 0.3) is 0 Å². The minimum Gasteiger partial charge on any atom is -0.374 e. The third-order valence-electron chi connectivity index (χ3n) is 3.05. The van der Waals surface area contributed by atoms with Gasteiger partial charge in [0.25, 0.3) is 0 Å². The maximum atomic E-state index is 13.6. The Morgan fingerprint density at radius 2 is 2.15 bits per heavy atom. The molecule has 112 valence electrons. The van der Waals surface area contributed by atoms with Crippen LogP contribution in [0.2, 0.25) is 0 Å². The van der Waals surface area contributed by atoms with Gasteiger partial charge in [-0.1, -0.05) is 6.07 Å². The summed E-state index contributed by atoms with van der Waals surface area (Å²) in [6, 6.07) is 2.26. The SMILES string of the molecule is NNC(c1ccc(C(F)(F)F)c(F)c1)C1CSCCO1. The molecule has 0 saturated carbocycles. The molecule has 0 aliphatic carbocycles. The van der Waals surface area contributed by atoms with E-state index in [4.69, 9.17) is 10.6 Å². The average Bonchev–Trinajstić information content (AvgIpc) is 2.39. The van der Waals surface area contributed by atoms with Gasteiger partial charge in [-0.25, -0.2) is 4.39 Å². The van der Waals surface area contributed by atoms with Crippen LogP contribution in [0.15, 0.2) is 18.2 Å². The van der Waals surface area contributed by atoms with Crippen molar-refractivity contribution in [1.29, 1.82) is 0 Å². The molecule has 0 bridgehead atoms. The molecule has 0 amide bonds. The van der Waals surface area contributed by atoms with Gasteiger partial charge in [-0.2, -0.15) is 24.9 Å². The number of benzene rings is 1. The summed E-state index contributed by atoms with van der Waals surface area (Å²) in [5.74, 6) is 5.63. The number of nitrogens with two attached hydrogens (primary N) is 1. The molecule has 1 heterocycles. The van der Waals surface area contributed by atoms with Crippen molar-refractivity contribution >= 4 is 11.8 Å². The van der Waals surface area contributed by atoms with Gasteiger partial charge >= 0.3 is 6.18 Å². The third-order valence-corrected chi connectivity index (χ3v) is 4.07. The fourth-order valence-corrected chi connectivity index (χ4v) is 2.97. The lowest BCUT2D eigenvalue weighted by atomic mass is 10.0. The molecular formula is C12H14F4N2OS. The van der Waals surface area contributed by atoms with E-state index in [-0.39, 0.29) is 6.10 Å². The highest BCUT2D eigenvalue weighted by atomic mass is 32.2. The minimum atomic E-state index is -4.70. The number of ether oxygens (including phenoxy) is 1. The summed E-state index contributed by atoms with van der Waals surface area (Å²) in [5.41, 5.74) is 1.54. The minimum absolute atomic E-state index is 0.296. The zero-order valence-corrected chi connectivity index (χ0v) is 11.2. The Balaban J connectivity index is 2.24. The van der Waals surface area contributed by atoms with Crippen LogP contribution in [0.1, 0.15) is 17.2 Å². The lowest BCUT2D eigenvalue weighted by molar-refractivity contribution is -0.140. The number of rotatable bonds is 3. The third kappa shape index (κ3) is 3.43. The van der Waals surface area contributed by atoms with E-state index in [1.54, 1.807) is 11.8 Å². The average molecular weight is 310 g/mol. The van der Waals surface area contributed by atoms with Crippen molar-refractivity contribution in [2.45, 2.75) is 18.3 Å². The van der Waals surface area contributed by atoms with Crippen LogP contribution < -0.4 is 11.3 Å². The molecule has 0 spiro atoms. The first-order valence-corrected chi connectivity index (χ1v) is 7.11. The lowest BCUT2D eigenvalue weighted by Gasteiger charge is -2.30. The summed E-state index contributed by atoms with van der Waals surface area (Å²) >= 11 is 1.66. The Morgan fingerprint density at radius 3 is 2.65 bits per heavy atom. The second-order valence-electron chi connectivity index (χ2n) is 4.37. The van der Waals surface area contributed by atoms with E-state index in [2.05, 4.69) is 5.43 Å². The number of nitrogens with one attached hydrogen (secondary N) is 1. The Hall–Kier alpha value is -0.830. The molecule has 1 aromatic carbocycles. The fourth-order valence-electron chi connectivity index (χ4n) is 2.07. The summed E-state index contributed by atoms with van der Waals surface area (Å²) in [6.45, 7) is 0.538. The maximum Gasteiger partial charge on any atom is 0.419 e. The quantitative estimate of drug-likeness (QED) is 0.511. The highest BCUT2D eigenvalue weighted by Crippen LogP contribution is 2.33. The van der Waals surface area contributed by atoms with E-state index in [0.29, 0.717) is 17.9 Å². The number of alkyl halides is 3. The van der Waals surface area contributed by atoms with Crippen molar-refractivity contribution in [3.8, 4) is 0 Å². The molecule has 0 radical (unpaired) electrons. The van der Waals surface area contributed by atoms with Crippen LogP contribution in [-0.4, -0.2) is 24.2 Å². The molecule has 1 aliphatic rings. The largest absolute Gasteiger partial charge is 0.419 e. The van der Waals surface area contributed by atoms with Crippen molar-refractivity contribution in [1.82, 2.24) is 5.43 Å². The standard InChI is InChI=1S/C12H14F4N2OS/c13-9-5-7(1-2-8(9)12(14,15)16)11(18-17)10-6-20-4-3-19-10/h1-2,5,10-11,18H,3-4,6,17H2. The second kappa shape index (κ2) is 6.30. The molecule has 3 N–H and O–H groups in total. The van der Waals surface area contributed by atoms with Crippen LogP contribution >= 0.6 is 11.8 Å². The Kier molecular flexibility index (Phi) is 4.90. The molecule has 20 heavy (non-hydrogen) atoms. The number of halogens is 4. The van der Waals surface area contributed by atoms with Crippen molar-refractivity contribution < 1.29 is 22.3 Å². The first-order chi connectivity index (χ1) is 9.43. The molecule has 0 aromatic heterocycles. The van der Waals surface area contributed by atoms with Crippen molar-refractivity contribution in [2.24, 2.45) is 5.84 Å². The molecule has 8 heteroatoms. The zero-order chi connectivity index (χ0) is 14.8. The Bertz CT molecular complexity index is 463. The van der Waals surface area contributed by atoms with E-state index < -0.39 is 23.6 Å². The molecule has 2 unspecified atom stereocenters. The zero-order valence-electron chi connectivity index (χ0n) is 10.4. The van der Waals surface area contributed by atoms with Gasteiger partial charge in [0, 0.05) is 11.5 Å². The smallest absolute Gasteiger partial charge is 0.374 e. The van der Waals surface area contributed by atoms with Gasteiger partial charge in [-0.15, -0.1) is 0 Å². The Morgan fingerprint density at radius 1 is 1.40 bits per heavy atom. The molecule has 1 saturated heterocycles. The second-order valence-corrected chi connectivity index (χ2v) is 5.52. The molecule has 1 fully saturated rings.